The summed E-state index contributed by atoms with van der Waals surface area (Å²) in [6, 6.07) is 7.39. The van der Waals surface area contributed by atoms with Crippen molar-refractivity contribution < 1.29 is 14.4 Å². The lowest BCUT2D eigenvalue weighted by Gasteiger charge is -2.14. The number of rotatable bonds is 5. The molecule has 3 amide bonds. The van der Waals surface area contributed by atoms with Crippen molar-refractivity contribution in [2.45, 2.75) is 25.7 Å². The lowest BCUT2D eigenvalue weighted by molar-refractivity contribution is -0.140. The summed E-state index contributed by atoms with van der Waals surface area (Å²) < 4.78 is 0.819. The number of imide groups is 1. The smallest absolute Gasteiger partial charge is 0.233 e. The molecule has 1 fully saturated rings. The fourth-order valence-corrected chi connectivity index (χ4v) is 3.65. The number of carbonyl (C=O) groups excluding carboxylic acids is 3. The van der Waals surface area contributed by atoms with Crippen LogP contribution in [-0.2, 0) is 14.4 Å². The number of likely N-dealkylation sites (tertiary alicyclic amines) is 1. The number of allylic oxidation sites excluding steroid dienone is 2. The van der Waals surface area contributed by atoms with E-state index in [0.29, 0.717) is 31.5 Å². The van der Waals surface area contributed by atoms with Crippen molar-refractivity contribution in [1.82, 2.24) is 4.90 Å². The van der Waals surface area contributed by atoms with Crippen LogP contribution < -0.4 is 5.32 Å². The second-order valence-corrected chi connectivity index (χ2v) is 6.97. The minimum atomic E-state index is -0.198. The minimum absolute atomic E-state index is 0.0828. The number of para-hydroxylation sites is 1. The first-order valence-electron chi connectivity index (χ1n) is 8.12. The summed E-state index contributed by atoms with van der Waals surface area (Å²) in [5.74, 6) is -0.686. The van der Waals surface area contributed by atoms with Crippen LogP contribution in [-0.4, -0.2) is 29.2 Å². The number of halogens is 1. The molecule has 0 spiro atoms. The third kappa shape index (κ3) is 3.43. The molecule has 6 heteroatoms. The van der Waals surface area contributed by atoms with Gasteiger partial charge in [-0.05, 0) is 47.3 Å². The van der Waals surface area contributed by atoms with Gasteiger partial charge in [-0.3, -0.25) is 19.3 Å². The molecule has 24 heavy (non-hydrogen) atoms. The van der Waals surface area contributed by atoms with Crippen molar-refractivity contribution in [3.8, 4) is 0 Å². The summed E-state index contributed by atoms with van der Waals surface area (Å²) in [6.45, 7) is 0.314. The summed E-state index contributed by atoms with van der Waals surface area (Å²) in [6.07, 6.45) is 5.98. The van der Waals surface area contributed by atoms with Crippen molar-refractivity contribution in [3.05, 3.63) is 40.9 Å². The van der Waals surface area contributed by atoms with E-state index in [1.54, 1.807) is 0 Å². The molecule has 2 atom stereocenters. The highest BCUT2D eigenvalue weighted by Gasteiger charge is 2.46. The molecule has 0 unspecified atom stereocenters. The van der Waals surface area contributed by atoms with Gasteiger partial charge in [0.15, 0.2) is 0 Å². The number of nitrogens with one attached hydrogen (secondary N) is 1. The molecule has 126 valence electrons. The number of amides is 3. The van der Waals surface area contributed by atoms with Gasteiger partial charge in [-0.2, -0.15) is 0 Å². The van der Waals surface area contributed by atoms with Crippen LogP contribution in [0.1, 0.15) is 25.7 Å². The Morgan fingerprint density at radius 3 is 2.38 bits per heavy atom. The Morgan fingerprint density at radius 2 is 1.75 bits per heavy atom. The number of benzene rings is 1. The molecule has 1 aliphatic heterocycles. The zero-order chi connectivity index (χ0) is 17.1. The Bertz CT molecular complexity index is 675. The van der Waals surface area contributed by atoms with Crippen molar-refractivity contribution in [1.29, 1.82) is 0 Å². The zero-order valence-corrected chi connectivity index (χ0v) is 14.8. The largest absolute Gasteiger partial charge is 0.325 e. The summed E-state index contributed by atoms with van der Waals surface area (Å²) in [5, 5.41) is 2.82. The van der Waals surface area contributed by atoms with Gasteiger partial charge in [0.2, 0.25) is 17.7 Å². The average Bonchev–Trinajstić information content (AvgIpc) is 2.82. The lowest BCUT2D eigenvalue weighted by Crippen LogP contribution is -2.32. The lowest BCUT2D eigenvalue weighted by atomic mass is 9.85. The van der Waals surface area contributed by atoms with E-state index >= 15 is 0 Å². The van der Waals surface area contributed by atoms with Gasteiger partial charge < -0.3 is 5.32 Å². The summed E-state index contributed by atoms with van der Waals surface area (Å²) in [7, 11) is 0. The molecule has 2 aliphatic rings. The second-order valence-electron chi connectivity index (χ2n) is 6.12. The summed E-state index contributed by atoms with van der Waals surface area (Å²) >= 11 is 3.38. The number of carbonyl (C=O) groups is 3. The molecule has 5 nitrogen and oxygen atoms in total. The highest BCUT2D eigenvalue weighted by Crippen LogP contribution is 2.35. The van der Waals surface area contributed by atoms with Gasteiger partial charge in [-0.25, -0.2) is 0 Å². The first-order valence-corrected chi connectivity index (χ1v) is 8.92. The quantitative estimate of drug-likeness (QED) is 0.620. The van der Waals surface area contributed by atoms with Crippen LogP contribution in [0.2, 0.25) is 0 Å². The van der Waals surface area contributed by atoms with E-state index in [0.717, 1.165) is 4.47 Å². The Morgan fingerprint density at radius 1 is 1.12 bits per heavy atom. The maximum Gasteiger partial charge on any atom is 0.233 e. The van der Waals surface area contributed by atoms with Gasteiger partial charge in [0.1, 0.15) is 0 Å². The molecule has 1 aliphatic carbocycles. The number of fused-ring (bicyclic) bond motifs is 1. The fraction of sp³-hybridized carbons (Fsp3) is 0.389. The topological polar surface area (TPSA) is 66.5 Å². The third-order valence-electron chi connectivity index (χ3n) is 4.53. The minimum Gasteiger partial charge on any atom is -0.325 e. The number of hydrogen-bond donors (Lipinski definition) is 1. The fourth-order valence-electron chi connectivity index (χ4n) is 3.26. The van der Waals surface area contributed by atoms with Crippen LogP contribution in [0, 0.1) is 11.8 Å². The molecule has 1 N–H and O–H groups in total. The molecule has 0 saturated carbocycles. The Labute approximate surface area is 149 Å². The normalized spacial score (nSPS) is 22.6. The van der Waals surface area contributed by atoms with Crippen molar-refractivity contribution >= 4 is 39.3 Å². The van der Waals surface area contributed by atoms with Crippen molar-refractivity contribution in [2.24, 2.45) is 11.8 Å². The van der Waals surface area contributed by atoms with Gasteiger partial charge in [-0.1, -0.05) is 24.3 Å². The van der Waals surface area contributed by atoms with E-state index in [-0.39, 0.29) is 36.0 Å². The Kier molecular flexibility index (Phi) is 5.14. The molecular formula is C18H19BrN2O3. The second kappa shape index (κ2) is 7.30. The molecule has 1 saturated heterocycles. The molecule has 1 aromatic carbocycles. The van der Waals surface area contributed by atoms with Gasteiger partial charge in [0.05, 0.1) is 17.5 Å². The Balaban J connectivity index is 1.50. The number of anilines is 1. The van der Waals surface area contributed by atoms with E-state index in [4.69, 9.17) is 0 Å². The van der Waals surface area contributed by atoms with E-state index in [9.17, 15) is 14.4 Å². The number of hydrogen-bond acceptors (Lipinski definition) is 3. The molecule has 0 aromatic heterocycles. The van der Waals surface area contributed by atoms with Gasteiger partial charge >= 0.3 is 0 Å². The van der Waals surface area contributed by atoms with Crippen molar-refractivity contribution in [3.63, 3.8) is 0 Å². The monoisotopic (exact) mass is 390 g/mol. The van der Waals surface area contributed by atoms with E-state index in [2.05, 4.69) is 21.2 Å². The van der Waals surface area contributed by atoms with Crippen LogP contribution in [0.3, 0.4) is 0 Å². The maximum atomic E-state index is 12.3. The van der Waals surface area contributed by atoms with Crippen LogP contribution in [0.25, 0.3) is 0 Å². The molecular weight excluding hydrogens is 372 g/mol. The molecule has 3 rings (SSSR count). The zero-order valence-electron chi connectivity index (χ0n) is 13.2. The van der Waals surface area contributed by atoms with Gasteiger partial charge in [0, 0.05) is 17.4 Å². The predicted octanol–water partition coefficient (Wildman–Crippen LogP) is 3.12. The van der Waals surface area contributed by atoms with E-state index in [1.165, 1.54) is 4.90 Å². The number of nitrogens with zero attached hydrogens (tertiary/aromatic N) is 1. The SMILES string of the molecule is O=C(CCCN1C(=O)[C@H]2CC=CC[C@H]2C1=O)Nc1ccccc1Br. The van der Waals surface area contributed by atoms with Gasteiger partial charge in [-0.15, -0.1) is 0 Å². The standard InChI is InChI=1S/C18H19BrN2O3/c19-14-8-3-4-9-15(14)20-16(22)10-5-11-21-17(23)12-6-1-2-7-13(12)18(21)24/h1-4,8-9,12-13H,5-7,10-11H2,(H,20,22)/t12-,13+. The Hall–Kier alpha value is -1.95. The molecule has 1 heterocycles. The van der Waals surface area contributed by atoms with Crippen LogP contribution in [0.5, 0.6) is 0 Å². The molecule has 0 bridgehead atoms. The predicted molar refractivity (Wildman–Crippen MR) is 94.1 cm³/mol. The highest BCUT2D eigenvalue weighted by molar-refractivity contribution is 9.10. The first-order chi connectivity index (χ1) is 11.6. The summed E-state index contributed by atoms with van der Waals surface area (Å²) in [5.41, 5.74) is 0.716. The van der Waals surface area contributed by atoms with Crippen LogP contribution in [0.15, 0.2) is 40.9 Å². The average molecular weight is 391 g/mol. The van der Waals surface area contributed by atoms with Crippen LogP contribution in [0.4, 0.5) is 5.69 Å². The van der Waals surface area contributed by atoms with Crippen molar-refractivity contribution in [2.75, 3.05) is 11.9 Å². The van der Waals surface area contributed by atoms with Crippen LogP contribution >= 0.6 is 15.9 Å². The third-order valence-corrected chi connectivity index (χ3v) is 5.22. The molecule has 0 radical (unpaired) electrons. The summed E-state index contributed by atoms with van der Waals surface area (Å²) in [4.78, 5) is 38.0. The van der Waals surface area contributed by atoms with E-state index in [1.807, 2.05) is 36.4 Å². The first kappa shape index (κ1) is 16.9. The van der Waals surface area contributed by atoms with Gasteiger partial charge in [0.25, 0.3) is 0 Å². The van der Waals surface area contributed by atoms with E-state index < -0.39 is 0 Å². The molecule has 1 aromatic rings. The highest BCUT2D eigenvalue weighted by atomic mass is 79.9. The maximum absolute atomic E-state index is 12.3.